The third-order valence-corrected chi connectivity index (χ3v) is 2.74. The molecule has 11 heavy (non-hydrogen) atoms. The fourth-order valence-corrected chi connectivity index (χ4v) is 2.10. The molecule has 1 heteroatoms. The van der Waals surface area contributed by atoms with E-state index >= 15 is 0 Å². The molecule has 1 fully saturated rings. The van der Waals surface area contributed by atoms with Crippen molar-refractivity contribution in [1.29, 1.82) is 5.26 Å². The van der Waals surface area contributed by atoms with Crippen LogP contribution in [0.1, 0.15) is 46.0 Å². The van der Waals surface area contributed by atoms with Gasteiger partial charge in [0.15, 0.2) is 0 Å². The Morgan fingerprint density at radius 3 is 2.73 bits per heavy atom. The second kappa shape index (κ2) is 3.26. The predicted molar refractivity (Wildman–Crippen MR) is 46.0 cm³/mol. The second-order valence-electron chi connectivity index (χ2n) is 4.47. The van der Waals surface area contributed by atoms with Crippen molar-refractivity contribution >= 4 is 0 Å². The van der Waals surface area contributed by atoms with Gasteiger partial charge >= 0.3 is 0 Å². The molecule has 0 radical (unpaired) electrons. The summed E-state index contributed by atoms with van der Waals surface area (Å²) in [6, 6.07) is 2.22. The van der Waals surface area contributed by atoms with Gasteiger partial charge in [-0.05, 0) is 37.0 Å². The highest BCUT2D eigenvalue weighted by Crippen LogP contribution is 2.42. The molecule has 1 atom stereocenters. The standard InChI is InChI=1S/C10H17N/c1-10(2)6-5-9(8-10)4-3-7-11/h9H,3-6,8H2,1-2H3. The first-order valence-electron chi connectivity index (χ1n) is 4.51. The van der Waals surface area contributed by atoms with Crippen LogP contribution in [0.25, 0.3) is 0 Å². The number of hydrogen-bond donors (Lipinski definition) is 0. The van der Waals surface area contributed by atoms with Gasteiger partial charge in [-0.25, -0.2) is 0 Å². The molecule has 0 spiro atoms. The molecule has 1 nitrogen and oxygen atoms in total. The van der Waals surface area contributed by atoms with Crippen molar-refractivity contribution < 1.29 is 0 Å². The van der Waals surface area contributed by atoms with Gasteiger partial charge in [0.1, 0.15) is 0 Å². The van der Waals surface area contributed by atoms with Crippen LogP contribution < -0.4 is 0 Å². The second-order valence-corrected chi connectivity index (χ2v) is 4.47. The van der Waals surface area contributed by atoms with E-state index in [9.17, 15) is 0 Å². The van der Waals surface area contributed by atoms with E-state index in [2.05, 4.69) is 19.9 Å². The molecule has 0 saturated heterocycles. The third kappa shape index (κ3) is 2.54. The highest BCUT2D eigenvalue weighted by Gasteiger charge is 2.30. The summed E-state index contributed by atoms with van der Waals surface area (Å²) in [5.74, 6) is 0.838. The molecule has 0 amide bonds. The number of rotatable bonds is 2. The van der Waals surface area contributed by atoms with E-state index in [1.807, 2.05) is 0 Å². The fraction of sp³-hybridized carbons (Fsp3) is 0.900. The first-order chi connectivity index (χ1) is 5.14. The Morgan fingerprint density at radius 2 is 2.27 bits per heavy atom. The molecule has 62 valence electrons. The topological polar surface area (TPSA) is 23.8 Å². The summed E-state index contributed by atoms with van der Waals surface area (Å²) in [7, 11) is 0. The molecule has 1 aliphatic rings. The average Bonchev–Trinajstić information content (AvgIpc) is 2.26. The first kappa shape index (κ1) is 8.59. The van der Waals surface area contributed by atoms with Gasteiger partial charge in [-0.1, -0.05) is 13.8 Å². The SMILES string of the molecule is CC1(C)CCC(CCC#N)C1. The molecule has 1 unspecified atom stereocenters. The van der Waals surface area contributed by atoms with E-state index in [-0.39, 0.29) is 0 Å². The van der Waals surface area contributed by atoms with Gasteiger partial charge in [0.25, 0.3) is 0 Å². The van der Waals surface area contributed by atoms with Crippen LogP contribution in [0.5, 0.6) is 0 Å². The van der Waals surface area contributed by atoms with Crippen LogP contribution >= 0.6 is 0 Å². The summed E-state index contributed by atoms with van der Waals surface area (Å²) in [5, 5.41) is 8.41. The summed E-state index contributed by atoms with van der Waals surface area (Å²) in [6.45, 7) is 4.67. The lowest BCUT2D eigenvalue weighted by Crippen LogP contribution is -2.04. The van der Waals surface area contributed by atoms with Crippen molar-refractivity contribution in [2.24, 2.45) is 11.3 Å². The van der Waals surface area contributed by atoms with Crippen LogP contribution in [0.3, 0.4) is 0 Å². The predicted octanol–water partition coefficient (Wildman–Crippen LogP) is 3.12. The number of hydrogen-bond acceptors (Lipinski definition) is 1. The molecule has 0 aromatic heterocycles. The zero-order valence-corrected chi connectivity index (χ0v) is 7.56. The minimum absolute atomic E-state index is 0.556. The normalized spacial score (nSPS) is 28.3. The van der Waals surface area contributed by atoms with Gasteiger partial charge in [-0.2, -0.15) is 5.26 Å². The van der Waals surface area contributed by atoms with Crippen molar-refractivity contribution in [3.05, 3.63) is 0 Å². The maximum atomic E-state index is 8.41. The van der Waals surface area contributed by atoms with Crippen molar-refractivity contribution in [3.8, 4) is 6.07 Å². The summed E-state index contributed by atoms with van der Waals surface area (Å²) >= 11 is 0. The van der Waals surface area contributed by atoms with Gasteiger partial charge in [-0.3, -0.25) is 0 Å². The first-order valence-corrected chi connectivity index (χ1v) is 4.51. The molecular formula is C10H17N. The molecule has 1 aliphatic carbocycles. The van der Waals surface area contributed by atoms with Crippen molar-refractivity contribution in [2.45, 2.75) is 46.0 Å². The summed E-state index contributed by atoms with van der Waals surface area (Å²) in [6.07, 6.45) is 5.90. The van der Waals surface area contributed by atoms with Crippen molar-refractivity contribution in [2.75, 3.05) is 0 Å². The lowest BCUT2D eigenvalue weighted by Gasteiger charge is -2.16. The molecule has 0 aliphatic heterocycles. The zero-order chi connectivity index (χ0) is 8.32. The zero-order valence-electron chi connectivity index (χ0n) is 7.56. The van der Waals surface area contributed by atoms with Gasteiger partial charge in [0.05, 0.1) is 6.07 Å². The Balaban J connectivity index is 2.26. The third-order valence-electron chi connectivity index (χ3n) is 2.74. The molecule has 1 saturated carbocycles. The Kier molecular flexibility index (Phi) is 2.54. The van der Waals surface area contributed by atoms with Crippen molar-refractivity contribution in [1.82, 2.24) is 0 Å². The average molecular weight is 151 g/mol. The van der Waals surface area contributed by atoms with Gasteiger partial charge in [0, 0.05) is 6.42 Å². The van der Waals surface area contributed by atoms with E-state index in [0.29, 0.717) is 5.41 Å². The Morgan fingerprint density at radius 1 is 1.55 bits per heavy atom. The summed E-state index contributed by atoms with van der Waals surface area (Å²) in [4.78, 5) is 0. The molecule has 1 rings (SSSR count). The van der Waals surface area contributed by atoms with E-state index in [0.717, 1.165) is 18.8 Å². The summed E-state index contributed by atoms with van der Waals surface area (Å²) in [5.41, 5.74) is 0.556. The number of nitrogens with zero attached hydrogens (tertiary/aromatic N) is 1. The van der Waals surface area contributed by atoms with Gasteiger partial charge in [0.2, 0.25) is 0 Å². The van der Waals surface area contributed by atoms with E-state index in [1.54, 1.807) is 0 Å². The summed E-state index contributed by atoms with van der Waals surface area (Å²) < 4.78 is 0. The molecular weight excluding hydrogens is 134 g/mol. The lowest BCUT2D eigenvalue weighted by atomic mass is 9.90. The molecule has 0 aromatic carbocycles. The van der Waals surface area contributed by atoms with E-state index in [1.165, 1.54) is 19.3 Å². The molecule has 0 bridgehead atoms. The van der Waals surface area contributed by atoms with Crippen LogP contribution in [0.15, 0.2) is 0 Å². The number of nitriles is 1. The molecule has 0 aromatic rings. The van der Waals surface area contributed by atoms with Crippen LogP contribution in [0.2, 0.25) is 0 Å². The molecule has 0 N–H and O–H groups in total. The Bertz CT molecular complexity index is 164. The minimum Gasteiger partial charge on any atom is -0.198 e. The van der Waals surface area contributed by atoms with Crippen LogP contribution in [-0.4, -0.2) is 0 Å². The molecule has 0 heterocycles. The largest absolute Gasteiger partial charge is 0.198 e. The lowest BCUT2D eigenvalue weighted by molar-refractivity contribution is 0.355. The Labute approximate surface area is 69.4 Å². The fourth-order valence-electron chi connectivity index (χ4n) is 2.10. The van der Waals surface area contributed by atoms with E-state index < -0.39 is 0 Å². The van der Waals surface area contributed by atoms with Crippen LogP contribution in [-0.2, 0) is 0 Å². The van der Waals surface area contributed by atoms with Crippen molar-refractivity contribution in [3.63, 3.8) is 0 Å². The van der Waals surface area contributed by atoms with E-state index in [4.69, 9.17) is 5.26 Å². The quantitative estimate of drug-likeness (QED) is 0.595. The van der Waals surface area contributed by atoms with Crippen LogP contribution in [0, 0.1) is 22.7 Å². The monoisotopic (exact) mass is 151 g/mol. The maximum Gasteiger partial charge on any atom is 0.0621 e. The highest BCUT2D eigenvalue weighted by atomic mass is 14.4. The van der Waals surface area contributed by atoms with Gasteiger partial charge in [-0.15, -0.1) is 0 Å². The maximum absolute atomic E-state index is 8.41. The minimum atomic E-state index is 0.556. The van der Waals surface area contributed by atoms with Crippen LogP contribution in [0.4, 0.5) is 0 Å². The Hall–Kier alpha value is -0.510. The van der Waals surface area contributed by atoms with Gasteiger partial charge < -0.3 is 0 Å². The highest BCUT2D eigenvalue weighted by molar-refractivity contribution is 4.84. The smallest absolute Gasteiger partial charge is 0.0621 e.